The number of aromatic carboxylic acids is 1. The van der Waals surface area contributed by atoms with E-state index in [9.17, 15) is 9.90 Å². The zero-order valence-electron chi connectivity index (χ0n) is 26.5. The first kappa shape index (κ1) is 34.6. The van der Waals surface area contributed by atoms with Gasteiger partial charge in [0.05, 0.1) is 17.1 Å². The summed E-state index contributed by atoms with van der Waals surface area (Å²) in [6, 6.07) is 20.6. The summed E-state index contributed by atoms with van der Waals surface area (Å²) in [6.45, 7) is 14.6. The number of carboxylic acids is 1. The molecule has 6 nitrogen and oxygen atoms in total. The van der Waals surface area contributed by atoms with Crippen LogP contribution in [0.4, 0.5) is 0 Å². The number of carbonyl (C=O) groups is 1. The molecule has 0 aliphatic carbocycles. The van der Waals surface area contributed by atoms with E-state index in [2.05, 4.69) is 55.6 Å². The Balaban J connectivity index is 1.90. The molecule has 0 fully saturated rings. The lowest BCUT2D eigenvalue weighted by atomic mass is 9.67. The van der Waals surface area contributed by atoms with Gasteiger partial charge in [-0.25, -0.2) is 4.79 Å². The van der Waals surface area contributed by atoms with Crippen LogP contribution in [0.5, 0.6) is 11.5 Å². The normalized spacial score (nSPS) is 13.0. The SMILES string of the molecule is CCCCCCC(C)Oc1ccc(-c2ccc(C(=O)O)cc2-c2ccc(OC(O[Si])(O[Si])C(C)(C)C(C)(C)C)cc2)cc1. The third-order valence-electron chi connectivity index (χ3n) is 8.56. The first-order valence-corrected chi connectivity index (χ1v) is 15.7. The molecule has 1 atom stereocenters. The predicted octanol–water partition coefficient (Wildman–Crippen LogP) is 8.76. The smallest absolute Gasteiger partial charge is 0.335 e. The summed E-state index contributed by atoms with van der Waals surface area (Å²) in [5.74, 6) is -1.14. The maximum atomic E-state index is 11.9. The van der Waals surface area contributed by atoms with E-state index in [0.29, 0.717) is 5.75 Å². The van der Waals surface area contributed by atoms with Crippen LogP contribution in [0.1, 0.15) is 90.9 Å². The summed E-state index contributed by atoms with van der Waals surface area (Å²) in [5, 5.41) is 9.72. The third-order valence-corrected chi connectivity index (χ3v) is 9.10. The monoisotopic (exact) mass is 616 g/mol. The standard InChI is InChI=1S/C35H44O6Si2/c1-8-9-10-11-12-24(2)38-28-18-13-25(14-19-28)30-22-17-27(32(36)37)23-31(30)26-15-20-29(21-16-26)39-35(40-42,41-43)34(6,7)33(3,4)5/h13-24H,8-12H2,1-7H3,(H,36,37). The first-order chi connectivity index (χ1) is 20.3. The molecule has 0 aliphatic heterocycles. The molecule has 0 bridgehead atoms. The first-order valence-electron chi connectivity index (χ1n) is 14.9. The quantitative estimate of drug-likeness (QED) is 0.105. The van der Waals surface area contributed by atoms with Crippen molar-refractivity contribution in [2.75, 3.05) is 0 Å². The molecule has 0 saturated heterocycles. The Labute approximate surface area is 264 Å². The van der Waals surface area contributed by atoms with Crippen LogP contribution in [0.3, 0.4) is 0 Å². The van der Waals surface area contributed by atoms with E-state index >= 15 is 0 Å². The highest BCUT2D eigenvalue weighted by Gasteiger charge is 2.55. The van der Waals surface area contributed by atoms with E-state index in [1.54, 1.807) is 12.1 Å². The lowest BCUT2D eigenvalue weighted by molar-refractivity contribution is -0.333. The van der Waals surface area contributed by atoms with Crippen molar-refractivity contribution in [3.05, 3.63) is 72.3 Å². The average Bonchev–Trinajstić information content (AvgIpc) is 2.98. The van der Waals surface area contributed by atoms with E-state index in [0.717, 1.165) is 40.8 Å². The third kappa shape index (κ3) is 8.18. The van der Waals surface area contributed by atoms with Crippen molar-refractivity contribution >= 4 is 26.9 Å². The van der Waals surface area contributed by atoms with Crippen LogP contribution in [-0.4, -0.2) is 44.1 Å². The molecule has 8 heteroatoms. The van der Waals surface area contributed by atoms with E-state index < -0.39 is 17.4 Å². The van der Waals surface area contributed by atoms with E-state index in [-0.39, 0.29) is 17.1 Å². The van der Waals surface area contributed by atoms with Gasteiger partial charge >= 0.3 is 11.9 Å². The molecule has 0 aromatic heterocycles. The molecule has 6 radical (unpaired) electrons. The molecule has 0 heterocycles. The molecular weight excluding hydrogens is 573 g/mol. The van der Waals surface area contributed by atoms with Crippen molar-refractivity contribution < 1.29 is 28.2 Å². The van der Waals surface area contributed by atoms with Crippen molar-refractivity contribution in [3.8, 4) is 33.8 Å². The Morgan fingerprint density at radius 3 is 1.86 bits per heavy atom. The lowest BCUT2D eigenvalue weighted by Gasteiger charge is -2.50. The molecule has 228 valence electrons. The molecule has 3 aromatic carbocycles. The second kappa shape index (κ2) is 14.7. The van der Waals surface area contributed by atoms with Crippen molar-refractivity contribution in [2.45, 2.75) is 92.6 Å². The van der Waals surface area contributed by atoms with E-state index in [1.165, 1.54) is 19.3 Å². The largest absolute Gasteiger partial charge is 0.491 e. The van der Waals surface area contributed by atoms with Gasteiger partial charge in [0.2, 0.25) is 0 Å². The fraction of sp³-hybridized carbons (Fsp3) is 0.457. The highest BCUT2D eigenvalue weighted by atomic mass is 28.2. The maximum Gasteiger partial charge on any atom is 0.335 e. The van der Waals surface area contributed by atoms with Crippen LogP contribution in [-0.2, 0) is 8.85 Å². The second-order valence-electron chi connectivity index (χ2n) is 12.6. The minimum absolute atomic E-state index is 0.145. The minimum atomic E-state index is -1.49. The molecule has 43 heavy (non-hydrogen) atoms. The summed E-state index contributed by atoms with van der Waals surface area (Å²) in [6.07, 6.45) is 6.05. The Bertz CT molecular complexity index is 1330. The highest BCUT2D eigenvalue weighted by molar-refractivity contribution is 6.00. The summed E-state index contributed by atoms with van der Waals surface area (Å²) in [7, 11) is 6.35. The van der Waals surface area contributed by atoms with Gasteiger partial charge in [-0.2, -0.15) is 0 Å². The van der Waals surface area contributed by atoms with Gasteiger partial charge in [0, 0.05) is 0 Å². The predicted molar refractivity (Wildman–Crippen MR) is 173 cm³/mol. The van der Waals surface area contributed by atoms with Crippen LogP contribution < -0.4 is 9.47 Å². The Kier molecular flexibility index (Phi) is 11.8. The minimum Gasteiger partial charge on any atom is -0.491 e. The second-order valence-corrected chi connectivity index (χ2v) is 13.0. The van der Waals surface area contributed by atoms with Crippen molar-refractivity contribution in [1.29, 1.82) is 0 Å². The summed E-state index contributed by atoms with van der Waals surface area (Å²) < 4.78 is 23.7. The molecule has 0 saturated carbocycles. The van der Waals surface area contributed by atoms with Crippen molar-refractivity contribution in [2.24, 2.45) is 10.8 Å². The molecule has 3 rings (SSSR count). The molecular formula is C35H44O6Si2. The Hall–Kier alpha value is -2.92. The summed E-state index contributed by atoms with van der Waals surface area (Å²) >= 11 is 0. The number of hydrogen-bond acceptors (Lipinski definition) is 5. The number of hydrogen-bond donors (Lipinski definition) is 1. The Morgan fingerprint density at radius 2 is 1.35 bits per heavy atom. The number of rotatable bonds is 15. The van der Waals surface area contributed by atoms with E-state index in [1.807, 2.05) is 68.4 Å². The van der Waals surface area contributed by atoms with Gasteiger partial charge < -0.3 is 23.4 Å². The molecule has 1 N–H and O–H groups in total. The van der Waals surface area contributed by atoms with Gasteiger partial charge in [0.25, 0.3) is 21.0 Å². The maximum absolute atomic E-state index is 11.9. The molecule has 0 spiro atoms. The highest BCUT2D eigenvalue weighted by Crippen LogP contribution is 2.49. The number of unbranched alkanes of at least 4 members (excludes halogenated alkanes) is 3. The van der Waals surface area contributed by atoms with Crippen LogP contribution in [0.15, 0.2) is 66.7 Å². The van der Waals surface area contributed by atoms with Gasteiger partial charge in [-0.3, -0.25) is 0 Å². The van der Waals surface area contributed by atoms with Gasteiger partial charge in [0.1, 0.15) is 11.5 Å². The average molecular weight is 617 g/mol. The van der Waals surface area contributed by atoms with Crippen LogP contribution in [0.25, 0.3) is 22.3 Å². The lowest BCUT2D eigenvalue weighted by Crippen LogP contribution is -2.58. The van der Waals surface area contributed by atoms with Gasteiger partial charge in [0.15, 0.2) is 0 Å². The van der Waals surface area contributed by atoms with Crippen LogP contribution >= 0.6 is 0 Å². The topological polar surface area (TPSA) is 74.2 Å². The molecule has 0 amide bonds. The Morgan fingerprint density at radius 1 is 0.791 bits per heavy atom. The van der Waals surface area contributed by atoms with Crippen LogP contribution in [0, 0.1) is 10.8 Å². The van der Waals surface area contributed by atoms with Gasteiger partial charge in [-0.15, -0.1) is 0 Å². The molecule has 0 aliphatic rings. The van der Waals surface area contributed by atoms with Gasteiger partial charge in [-0.1, -0.05) is 91.1 Å². The van der Waals surface area contributed by atoms with Crippen LogP contribution in [0.2, 0.25) is 0 Å². The fourth-order valence-corrected chi connectivity index (χ4v) is 5.55. The summed E-state index contributed by atoms with van der Waals surface area (Å²) in [4.78, 5) is 11.9. The zero-order chi connectivity index (χ0) is 31.8. The van der Waals surface area contributed by atoms with Gasteiger partial charge in [-0.05, 0) is 83.8 Å². The fourth-order valence-electron chi connectivity index (χ4n) is 4.79. The van der Waals surface area contributed by atoms with Crippen molar-refractivity contribution in [3.63, 3.8) is 0 Å². The van der Waals surface area contributed by atoms with E-state index in [4.69, 9.17) is 18.3 Å². The van der Waals surface area contributed by atoms with Crippen molar-refractivity contribution in [1.82, 2.24) is 0 Å². The molecule has 1 unspecified atom stereocenters. The molecule has 3 aromatic rings. The number of benzene rings is 3. The number of ether oxygens (including phenoxy) is 2. The number of carboxylic acid groups (broad SMARTS) is 1. The zero-order valence-corrected chi connectivity index (χ0v) is 28.5. The summed E-state index contributed by atoms with van der Waals surface area (Å²) in [5.41, 5.74) is 2.83.